The first-order valence-corrected chi connectivity index (χ1v) is 6.66. The lowest BCUT2D eigenvalue weighted by Gasteiger charge is -2.15. The van der Waals surface area contributed by atoms with E-state index >= 15 is 0 Å². The highest BCUT2D eigenvalue weighted by Gasteiger charge is 2.14. The zero-order valence-electron chi connectivity index (χ0n) is 6.81. The Balaban J connectivity index is 3.55. The van der Waals surface area contributed by atoms with Crippen molar-refractivity contribution in [2.45, 2.75) is 19.6 Å². The fourth-order valence-corrected chi connectivity index (χ4v) is 0.922. The van der Waals surface area contributed by atoms with E-state index in [1.165, 1.54) is 6.08 Å². The monoisotopic (exact) mass is 158 g/mol. The number of hydrogen-bond acceptors (Lipinski definition) is 2. The Morgan fingerprint density at radius 1 is 1.60 bits per heavy atom. The van der Waals surface area contributed by atoms with E-state index in [4.69, 9.17) is 4.43 Å². The summed E-state index contributed by atoms with van der Waals surface area (Å²) in [6, 6.07) is 0. The van der Waals surface area contributed by atoms with Gasteiger partial charge in [-0.1, -0.05) is 6.58 Å². The number of carbonyl (C=O) groups excluding carboxylic acids is 1. The molecule has 0 saturated heterocycles. The van der Waals surface area contributed by atoms with E-state index in [9.17, 15) is 4.79 Å². The van der Waals surface area contributed by atoms with Crippen LogP contribution in [0.4, 0.5) is 0 Å². The molecule has 0 aliphatic rings. The molecule has 0 spiro atoms. The van der Waals surface area contributed by atoms with E-state index in [-0.39, 0.29) is 12.4 Å². The highest BCUT2D eigenvalue weighted by Crippen LogP contribution is 2.01. The second-order valence-corrected chi connectivity index (χ2v) is 7.58. The van der Waals surface area contributed by atoms with Gasteiger partial charge in [-0.3, -0.25) is 4.79 Å². The van der Waals surface area contributed by atoms with E-state index in [0.29, 0.717) is 0 Å². The SMILES string of the molecule is C=CC(=O)CO[Si](C)(C)C. The van der Waals surface area contributed by atoms with Crippen molar-refractivity contribution in [2.75, 3.05) is 6.61 Å². The van der Waals surface area contributed by atoms with E-state index in [1.807, 2.05) is 19.6 Å². The van der Waals surface area contributed by atoms with E-state index < -0.39 is 8.32 Å². The number of hydrogen-bond donors (Lipinski definition) is 0. The molecule has 0 aromatic heterocycles. The van der Waals surface area contributed by atoms with Crippen LogP contribution in [-0.2, 0) is 9.22 Å². The summed E-state index contributed by atoms with van der Waals surface area (Å²) >= 11 is 0. The summed E-state index contributed by atoms with van der Waals surface area (Å²) in [6.45, 7) is 9.68. The molecule has 0 saturated carbocycles. The maximum absolute atomic E-state index is 10.6. The van der Waals surface area contributed by atoms with E-state index in [1.54, 1.807) is 0 Å². The molecule has 0 rings (SSSR count). The average Bonchev–Trinajstić information content (AvgIpc) is 1.81. The van der Waals surface area contributed by atoms with Gasteiger partial charge in [0.05, 0.1) is 6.61 Å². The van der Waals surface area contributed by atoms with Crippen LogP contribution in [0.25, 0.3) is 0 Å². The molecule has 0 aliphatic heterocycles. The molecule has 0 radical (unpaired) electrons. The van der Waals surface area contributed by atoms with Crippen molar-refractivity contribution < 1.29 is 9.22 Å². The highest BCUT2D eigenvalue weighted by molar-refractivity contribution is 6.69. The zero-order valence-corrected chi connectivity index (χ0v) is 7.81. The summed E-state index contributed by atoms with van der Waals surface area (Å²) in [5.41, 5.74) is 0. The molecule has 0 fully saturated rings. The van der Waals surface area contributed by atoms with Crippen LogP contribution in [0.15, 0.2) is 12.7 Å². The van der Waals surface area contributed by atoms with Crippen LogP contribution in [0.3, 0.4) is 0 Å². The molecule has 0 aromatic carbocycles. The van der Waals surface area contributed by atoms with Gasteiger partial charge in [0.25, 0.3) is 0 Å². The molecular formula is C7H14O2Si. The van der Waals surface area contributed by atoms with Gasteiger partial charge in [-0.25, -0.2) is 0 Å². The summed E-state index contributed by atoms with van der Waals surface area (Å²) in [6.07, 6.45) is 1.29. The van der Waals surface area contributed by atoms with E-state index in [2.05, 4.69) is 6.58 Å². The van der Waals surface area contributed by atoms with Gasteiger partial charge >= 0.3 is 0 Å². The Morgan fingerprint density at radius 3 is 2.40 bits per heavy atom. The minimum Gasteiger partial charge on any atom is -0.410 e. The lowest BCUT2D eigenvalue weighted by Crippen LogP contribution is -2.28. The third-order valence-electron chi connectivity index (χ3n) is 0.875. The summed E-state index contributed by atoms with van der Waals surface area (Å²) in [7, 11) is -1.50. The smallest absolute Gasteiger partial charge is 0.184 e. The Morgan fingerprint density at radius 2 is 2.10 bits per heavy atom. The first-order valence-electron chi connectivity index (χ1n) is 3.25. The molecule has 10 heavy (non-hydrogen) atoms. The molecule has 0 bridgehead atoms. The predicted octanol–water partition coefficient (Wildman–Crippen LogP) is 1.59. The van der Waals surface area contributed by atoms with Gasteiger partial charge in [-0.15, -0.1) is 0 Å². The number of rotatable bonds is 4. The molecule has 0 heterocycles. The van der Waals surface area contributed by atoms with Gasteiger partial charge in [0, 0.05) is 0 Å². The molecule has 0 aromatic rings. The largest absolute Gasteiger partial charge is 0.410 e. The molecule has 2 nitrogen and oxygen atoms in total. The van der Waals surface area contributed by atoms with Gasteiger partial charge in [0.2, 0.25) is 0 Å². The van der Waals surface area contributed by atoms with Gasteiger partial charge in [-0.2, -0.15) is 0 Å². The van der Waals surface area contributed by atoms with Crippen molar-refractivity contribution in [3.63, 3.8) is 0 Å². The highest BCUT2D eigenvalue weighted by atomic mass is 28.4. The van der Waals surface area contributed by atoms with Crippen molar-refractivity contribution in [2.24, 2.45) is 0 Å². The normalized spacial score (nSPS) is 11.1. The maximum atomic E-state index is 10.6. The van der Waals surface area contributed by atoms with Gasteiger partial charge in [0.1, 0.15) is 0 Å². The fraction of sp³-hybridized carbons (Fsp3) is 0.571. The minimum absolute atomic E-state index is 0.0394. The average molecular weight is 158 g/mol. The summed E-state index contributed by atoms with van der Waals surface area (Å²) in [5.74, 6) is -0.0394. The third kappa shape index (κ3) is 5.72. The predicted molar refractivity (Wildman–Crippen MR) is 44.5 cm³/mol. The lowest BCUT2D eigenvalue weighted by atomic mass is 10.4. The molecule has 0 atom stereocenters. The minimum atomic E-state index is -1.50. The van der Waals surface area contributed by atoms with Crippen molar-refractivity contribution in [3.8, 4) is 0 Å². The third-order valence-corrected chi connectivity index (χ3v) is 1.89. The van der Waals surface area contributed by atoms with Crippen LogP contribution in [-0.4, -0.2) is 20.7 Å². The van der Waals surface area contributed by atoms with Crippen LogP contribution in [0.2, 0.25) is 19.6 Å². The Bertz CT molecular complexity index is 135. The molecule has 0 aliphatic carbocycles. The van der Waals surface area contributed by atoms with Crippen molar-refractivity contribution >= 4 is 14.1 Å². The van der Waals surface area contributed by atoms with Gasteiger partial charge in [0.15, 0.2) is 14.1 Å². The standard InChI is InChI=1S/C7H14O2Si/c1-5-7(8)6-9-10(2,3)4/h5H,1,6H2,2-4H3. The number of carbonyl (C=O) groups is 1. The first-order chi connectivity index (χ1) is 4.45. The van der Waals surface area contributed by atoms with Crippen molar-refractivity contribution in [1.29, 1.82) is 0 Å². The second-order valence-electron chi connectivity index (χ2n) is 3.07. The molecule has 0 N–H and O–H groups in total. The molecule has 3 heteroatoms. The van der Waals surface area contributed by atoms with Crippen LogP contribution in [0, 0.1) is 0 Å². The topological polar surface area (TPSA) is 26.3 Å². The Kier molecular flexibility index (Phi) is 3.53. The molecule has 58 valence electrons. The molecule has 0 unspecified atom stereocenters. The van der Waals surface area contributed by atoms with Gasteiger partial charge in [-0.05, 0) is 25.7 Å². The van der Waals surface area contributed by atoms with Crippen LogP contribution < -0.4 is 0 Å². The fourth-order valence-electron chi connectivity index (χ4n) is 0.347. The maximum Gasteiger partial charge on any atom is 0.184 e. The first kappa shape index (κ1) is 9.59. The van der Waals surface area contributed by atoms with Crippen LogP contribution in [0.1, 0.15) is 0 Å². The second kappa shape index (κ2) is 3.68. The summed E-state index contributed by atoms with van der Waals surface area (Å²) < 4.78 is 5.30. The van der Waals surface area contributed by atoms with Crippen molar-refractivity contribution in [3.05, 3.63) is 12.7 Å². The van der Waals surface area contributed by atoms with Crippen LogP contribution >= 0.6 is 0 Å². The quantitative estimate of drug-likeness (QED) is 0.459. The molecular weight excluding hydrogens is 144 g/mol. The summed E-state index contributed by atoms with van der Waals surface area (Å²) in [4.78, 5) is 10.6. The Labute approximate surface area is 63.0 Å². The summed E-state index contributed by atoms with van der Waals surface area (Å²) in [5, 5.41) is 0. The Hall–Kier alpha value is -0.413. The van der Waals surface area contributed by atoms with Gasteiger partial charge < -0.3 is 4.43 Å². The lowest BCUT2D eigenvalue weighted by molar-refractivity contribution is -0.116. The van der Waals surface area contributed by atoms with E-state index in [0.717, 1.165) is 0 Å². The van der Waals surface area contributed by atoms with Crippen molar-refractivity contribution in [1.82, 2.24) is 0 Å². The van der Waals surface area contributed by atoms with Crippen LogP contribution in [0.5, 0.6) is 0 Å². The molecule has 0 amide bonds. The number of ketones is 1. The zero-order chi connectivity index (χ0) is 8.20.